The van der Waals surface area contributed by atoms with Crippen LogP contribution < -0.4 is 0 Å². The number of phosphoric ester groups is 2. The van der Waals surface area contributed by atoms with E-state index in [1.807, 2.05) is 0 Å². The van der Waals surface area contributed by atoms with E-state index in [9.17, 15) is 43.2 Å². The van der Waals surface area contributed by atoms with E-state index in [0.717, 1.165) is 108 Å². The van der Waals surface area contributed by atoms with Gasteiger partial charge < -0.3 is 33.8 Å². The number of phosphoric acid groups is 2. The lowest BCUT2D eigenvalue weighted by atomic mass is 10.0. The van der Waals surface area contributed by atoms with E-state index in [-0.39, 0.29) is 25.7 Å². The fraction of sp³-hybridized carbons (Fsp3) is 0.943. The number of carbonyl (C=O) groups excluding carboxylic acids is 4. The van der Waals surface area contributed by atoms with Gasteiger partial charge in [0, 0.05) is 25.7 Å². The van der Waals surface area contributed by atoms with Crippen LogP contribution in [0.4, 0.5) is 0 Å². The molecular weight excluding hydrogens is 1170 g/mol. The third-order valence-corrected chi connectivity index (χ3v) is 18.0. The molecule has 0 aromatic carbocycles. The monoisotopic (exact) mass is 1310 g/mol. The van der Waals surface area contributed by atoms with Crippen molar-refractivity contribution in [2.24, 2.45) is 17.8 Å². The zero-order chi connectivity index (χ0) is 65.9. The van der Waals surface area contributed by atoms with Gasteiger partial charge in [-0.1, -0.05) is 299 Å². The summed E-state index contributed by atoms with van der Waals surface area (Å²) < 4.78 is 68.3. The number of ether oxygens (including phenoxy) is 4. The molecule has 3 N–H and O–H groups in total. The molecule has 528 valence electrons. The van der Waals surface area contributed by atoms with Crippen molar-refractivity contribution in [2.45, 2.75) is 369 Å². The Bertz CT molecular complexity index is 1750. The summed E-state index contributed by atoms with van der Waals surface area (Å²) in [6, 6.07) is 0. The second-order valence-corrected chi connectivity index (χ2v) is 29.6. The predicted molar refractivity (Wildman–Crippen MR) is 358 cm³/mol. The number of hydrogen-bond donors (Lipinski definition) is 3. The van der Waals surface area contributed by atoms with Crippen molar-refractivity contribution in [1.82, 2.24) is 0 Å². The summed E-state index contributed by atoms with van der Waals surface area (Å²) in [7, 11) is -9.90. The zero-order valence-electron chi connectivity index (χ0n) is 57.9. The van der Waals surface area contributed by atoms with E-state index >= 15 is 0 Å². The highest BCUT2D eigenvalue weighted by atomic mass is 31.2. The summed E-state index contributed by atoms with van der Waals surface area (Å²) >= 11 is 0. The Morgan fingerprint density at radius 3 is 0.764 bits per heavy atom. The maximum Gasteiger partial charge on any atom is 0.472 e. The van der Waals surface area contributed by atoms with E-state index < -0.39 is 97.5 Å². The van der Waals surface area contributed by atoms with Crippen molar-refractivity contribution in [1.29, 1.82) is 0 Å². The molecule has 0 fully saturated rings. The van der Waals surface area contributed by atoms with Crippen molar-refractivity contribution in [3.63, 3.8) is 0 Å². The molecule has 0 saturated heterocycles. The Balaban J connectivity index is 5.25. The van der Waals surface area contributed by atoms with Crippen LogP contribution in [-0.4, -0.2) is 96.7 Å². The molecule has 0 saturated carbocycles. The fourth-order valence-electron chi connectivity index (χ4n) is 10.5. The van der Waals surface area contributed by atoms with Gasteiger partial charge in [-0.2, -0.15) is 0 Å². The molecule has 89 heavy (non-hydrogen) atoms. The second-order valence-electron chi connectivity index (χ2n) is 26.7. The third-order valence-electron chi connectivity index (χ3n) is 16.1. The Morgan fingerprint density at radius 1 is 0.303 bits per heavy atom. The van der Waals surface area contributed by atoms with Crippen LogP contribution in [0.5, 0.6) is 0 Å². The second kappa shape index (κ2) is 61.0. The number of hydrogen-bond acceptors (Lipinski definition) is 15. The van der Waals surface area contributed by atoms with Crippen molar-refractivity contribution in [2.75, 3.05) is 39.6 Å². The largest absolute Gasteiger partial charge is 0.472 e. The minimum atomic E-state index is -4.95. The summed E-state index contributed by atoms with van der Waals surface area (Å²) in [4.78, 5) is 72.5. The molecule has 5 atom stereocenters. The lowest BCUT2D eigenvalue weighted by Crippen LogP contribution is -2.30. The highest BCUT2D eigenvalue weighted by Gasteiger charge is 2.30. The number of carbonyl (C=O) groups is 4. The summed E-state index contributed by atoms with van der Waals surface area (Å²) in [5.41, 5.74) is 0. The van der Waals surface area contributed by atoms with Gasteiger partial charge in [0.15, 0.2) is 12.2 Å². The quantitative estimate of drug-likeness (QED) is 0.0222. The summed E-state index contributed by atoms with van der Waals surface area (Å²) in [6.07, 6.45) is 44.5. The molecule has 0 aliphatic carbocycles. The molecule has 19 heteroatoms. The lowest BCUT2D eigenvalue weighted by molar-refractivity contribution is -0.161. The maximum absolute atomic E-state index is 13.0. The highest BCUT2D eigenvalue weighted by molar-refractivity contribution is 7.47. The van der Waals surface area contributed by atoms with Crippen LogP contribution in [0.2, 0.25) is 0 Å². The molecule has 0 rings (SSSR count). The number of rotatable bonds is 68. The van der Waals surface area contributed by atoms with Crippen molar-refractivity contribution in [3.05, 3.63) is 0 Å². The molecule has 0 spiro atoms. The summed E-state index contributed by atoms with van der Waals surface area (Å²) in [6.45, 7) is 11.8. The van der Waals surface area contributed by atoms with Crippen LogP contribution in [0, 0.1) is 17.8 Å². The Hall–Kier alpha value is -1.94. The van der Waals surface area contributed by atoms with Gasteiger partial charge in [0.05, 0.1) is 26.4 Å². The lowest BCUT2D eigenvalue weighted by Gasteiger charge is -2.21. The maximum atomic E-state index is 13.0. The first-order valence-corrected chi connectivity index (χ1v) is 39.3. The normalized spacial score (nSPS) is 14.2. The van der Waals surface area contributed by atoms with Gasteiger partial charge in [-0.15, -0.1) is 0 Å². The van der Waals surface area contributed by atoms with E-state index in [4.69, 9.17) is 37.0 Å². The van der Waals surface area contributed by atoms with Gasteiger partial charge >= 0.3 is 39.5 Å². The SMILES string of the molecule is CCCCCCCCCCCCCCC(=O)O[C@H](COC(=O)CCCCCCCCC(C)C)COP(=O)(O)OC[C@H](O)COP(=O)(O)OC[C@@H](COC(=O)CCCCCCCCCCCCC(C)C)OC(=O)CCCCCCCCCCCCCCC(C)C. The molecular formula is C70H136O17P2. The van der Waals surface area contributed by atoms with Crippen LogP contribution in [0.15, 0.2) is 0 Å². The topological polar surface area (TPSA) is 237 Å². The third kappa shape index (κ3) is 64.6. The minimum absolute atomic E-state index is 0.106. The average Bonchev–Trinajstić information content (AvgIpc) is 3.67. The van der Waals surface area contributed by atoms with Gasteiger partial charge in [0.1, 0.15) is 19.3 Å². The predicted octanol–water partition coefficient (Wildman–Crippen LogP) is 19.8. The van der Waals surface area contributed by atoms with E-state index in [1.54, 1.807) is 0 Å². The number of unbranched alkanes of at least 4 members (excludes halogenated alkanes) is 36. The van der Waals surface area contributed by atoms with Crippen molar-refractivity contribution < 1.29 is 80.2 Å². The first-order valence-electron chi connectivity index (χ1n) is 36.3. The molecule has 0 aliphatic heterocycles. The molecule has 0 radical (unpaired) electrons. The Kier molecular flexibility index (Phi) is 59.6. The summed E-state index contributed by atoms with van der Waals surface area (Å²) in [5.74, 6) is 0.0880. The highest BCUT2D eigenvalue weighted by Crippen LogP contribution is 2.45. The van der Waals surface area contributed by atoms with Gasteiger partial charge in [-0.05, 0) is 43.4 Å². The van der Waals surface area contributed by atoms with E-state index in [0.29, 0.717) is 31.6 Å². The van der Waals surface area contributed by atoms with Gasteiger partial charge in [0.25, 0.3) is 0 Å². The smallest absolute Gasteiger partial charge is 0.462 e. The molecule has 0 aliphatic rings. The number of aliphatic hydroxyl groups is 1. The average molecular weight is 1310 g/mol. The zero-order valence-corrected chi connectivity index (χ0v) is 59.7. The molecule has 0 aromatic rings. The van der Waals surface area contributed by atoms with Gasteiger partial charge in [0.2, 0.25) is 0 Å². The number of esters is 4. The van der Waals surface area contributed by atoms with E-state index in [2.05, 4.69) is 48.5 Å². The Morgan fingerprint density at radius 2 is 0.517 bits per heavy atom. The molecule has 2 unspecified atom stereocenters. The van der Waals surface area contributed by atoms with Gasteiger partial charge in [-0.25, -0.2) is 9.13 Å². The first kappa shape index (κ1) is 87.1. The van der Waals surface area contributed by atoms with Crippen LogP contribution in [0.1, 0.15) is 350 Å². The fourth-order valence-corrected chi connectivity index (χ4v) is 12.1. The summed E-state index contributed by atoms with van der Waals surface area (Å²) in [5, 5.41) is 10.6. The van der Waals surface area contributed by atoms with Crippen molar-refractivity contribution in [3.8, 4) is 0 Å². The molecule has 0 bridgehead atoms. The minimum Gasteiger partial charge on any atom is -0.462 e. The molecule has 17 nitrogen and oxygen atoms in total. The van der Waals surface area contributed by atoms with Crippen LogP contribution in [0.25, 0.3) is 0 Å². The first-order chi connectivity index (χ1) is 42.7. The Labute approximate surface area is 543 Å². The van der Waals surface area contributed by atoms with Crippen LogP contribution in [0.3, 0.4) is 0 Å². The van der Waals surface area contributed by atoms with Crippen LogP contribution in [-0.2, 0) is 65.4 Å². The van der Waals surface area contributed by atoms with Gasteiger partial charge in [-0.3, -0.25) is 37.3 Å². The molecule has 0 heterocycles. The van der Waals surface area contributed by atoms with Crippen LogP contribution >= 0.6 is 15.6 Å². The molecule has 0 amide bonds. The van der Waals surface area contributed by atoms with E-state index in [1.165, 1.54) is 154 Å². The van der Waals surface area contributed by atoms with Crippen molar-refractivity contribution >= 4 is 39.5 Å². The standard InChI is InChI=1S/C70H136O17P2/c1-8-9-10-11-12-13-14-18-25-30-39-46-53-69(74)87-66(58-81-68(73)52-45-38-33-32-36-43-50-63(6)7)60-85-89(78,79)83-56-64(71)55-82-88(76,77)84-59-65(57-80-67(72)51-44-37-29-24-21-20-23-28-35-42-49-62(4)5)86-70(75)54-47-40-31-26-19-16-15-17-22-27-34-41-48-61(2)3/h61-66,71H,8-60H2,1-7H3,(H,76,77)(H,78,79)/t64-,65-,66-/m1/s1. The number of aliphatic hydroxyl groups excluding tert-OH is 1. The molecule has 0 aromatic heterocycles.